The maximum Gasteiger partial charge on any atom is 0.251 e. The summed E-state index contributed by atoms with van der Waals surface area (Å²) < 4.78 is 47.9. The van der Waals surface area contributed by atoms with Crippen LogP contribution in [0.25, 0.3) is 11.5 Å². The third-order valence-corrected chi connectivity index (χ3v) is 6.06. The topological polar surface area (TPSA) is 92.6 Å². The number of hydrogen-bond donors (Lipinski definition) is 2. The first-order valence-electron chi connectivity index (χ1n) is 12.2. The number of rotatable bonds is 10. The van der Waals surface area contributed by atoms with E-state index in [1.54, 1.807) is 0 Å². The van der Waals surface area contributed by atoms with Gasteiger partial charge in [-0.05, 0) is 42.5 Å². The van der Waals surface area contributed by atoms with Gasteiger partial charge in [-0.1, -0.05) is 51.1 Å². The van der Waals surface area contributed by atoms with Crippen LogP contribution in [0.3, 0.4) is 0 Å². The van der Waals surface area contributed by atoms with E-state index in [9.17, 15) is 23.1 Å². The van der Waals surface area contributed by atoms with Crippen molar-refractivity contribution in [3.8, 4) is 11.5 Å². The molecule has 0 fully saturated rings. The number of aromatic nitrogens is 1. The van der Waals surface area contributed by atoms with Gasteiger partial charge in [0.1, 0.15) is 35.9 Å². The molecule has 0 aliphatic heterocycles. The Labute approximate surface area is 215 Å². The zero-order valence-electron chi connectivity index (χ0n) is 21.5. The lowest BCUT2D eigenvalue weighted by molar-refractivity contribution is -0.144. The van der Waals surface area contributed by atoms with Crippen molar-refractivity contribution in [2.75, 3.05) is 13.2 Å². The molecule has 1 amide bonds. The van der Waals surface area contributed by atoms with Crippen LogP contribution in [0.4, 0.5) is 13.2 Å². The van der Waals surface area contributed by atoms with Gasteiger partial charge in [0.05, 0.1) is 11.6 Å². The standard InChI is InChI=1S/C28H34F3N3O3/c1-17(35)27(36)34(13-12-20(32)16-29)25(28(2,3)4)24-23(14-18-8-6-5-7-9-18)37-26(33-24)21-15-19(30)10-11-22(21)31/h5-11,15,17,20,25,35H,12-14,16,32H2,1-4H3/t17?,20?,25-/m0/s1. The molecule has 2 unspecified atom stereocenters. The molecule has 9 heteroatoms. The van der Waals surface area contributed by atoms with E-state index in [1.165, 1.54) is 11.8 Å². The third kappa shape index (κ3) is 6.99. The molecule has 3 atom stereocenters. The number of oxazole rings is 1. The maximum atomic E-state index is 14.7. The van der Waals surface area contributed by atoms with Crippen LogP contribution in [0.5, 0.6) is 0 Å². The zero-order chi connectivity index (χ0) is 27.3. The highest BCUT2D eigenvalue weighted by molar-refractivity contribution is 5.80. The fourth-order valence-corrected chi connectivity index (χ4v) is 4.28. The summed E-state index contributed by atoms with van der Waals surface area (Å²) in [5, 5.41) is 10.2. The molecular formula is C28H34F3N3O3. The Hall–Kier alpha value is -3.17. The number of halogens is 3. The van der Waals surface area contributed by atoms with Crippen molar-refractivity contribution in [3.05, 3.63) is 77.2 Å². The van der Waals surface area contributed by atoms with Crippen LogP contribution >= 0.6 is 0 Å². The highest BCUT2D eigenvalue weighted by atomic mass is 19.1. The van der Waals surface area contributed by atoms with E-state index in [0.717, 1.165) is 23.8 Å². The third-order valence-electron chi connectivity index (χ3n) is 6.06. The minimum atomic E-state index is -1.34. The summed E-state index contributed by atoms with van der Waals surface area (Å²) in [5.41, 5.74) is 6.23. The second-order valence-corrected chi connectivity index (χ2v) is 10.3. The van der Waals surface area contributed by atoms with Crippen molar-refractivity contribution in [2.24, 2.45) is 11.1 Å². The Morgan fingerprint density at radius 1 is 1.16 bits per heavy atom. The lowest BCUT2D eigenvalue weighted by Crippen LogP contribution is -2.47. The summed E-state index contributed by atoms with van der Waals surface area (Å²) in [6.07, 6.45) is -0.914. The van der Waals surface area contributed by atoms with Crippen LogP contribution in [0.15, 0.2) is 52.9 Å². The van der Waals surface area contributed by atoms with Gasteiger partial charge in [-0.15, -0.1) is 0 Å². The number of amides is 1. The summed E-state index contributed by atoms with van der Waals surface area (Å²) in [6.45, 7) is 6.31. The van der Waals surface area contributed by atoms with Crippen molar-refractivity contribution in [1.82, 2.24) is 9.88 Å². The van der Waals surface area contributed by atoms with E-state index in [4.69, 9.17) is 10.2 Å². The Morgan fingerprint density at radius 2 is 1.84 bits per heavy atom. The van der Waals surface area contributed by atoms with Gasteiger partial charge in [-0.2, -0.15) is 0 Å². The average molecular weight is 518 g/mol. The Kier molecular flexibility index (Phi) is 9.15. The highest BCUT2D eigenvalue weighted by Gasteiger charge is 2.40. The van der Waals surface area contributed by atoms with Gasteiger partial charge >= 0.3 is 0 Å². The van der Waals surface area contributed by atoms with Gasteiger partial charge in [-0.3, -0.25) is 4.79 Å². The molecule has 3 aromatic rings. The van der Waals surface area contributed by atoms with Crippen molar-refractivity contribution < 1.29 is 27.5 Å². The van der Waals surface area contributed by atoms with E-state index in [2.05, 4.69) is 4.98 Å². The van der Waals surface area contributed by atoms with Gasteiger partial charge in [-0.25, -0.2) is 18.2 Å². The van der Waals surface area contributed by atoms with Gasteiger partial charge < -0.3 is 20.2 Å². The molecule has 0 saturated carbocycles. The maximum absolute atomic E-state index is 14.7. The summed E-state index contributed by atoms with van der Waals surface area (Å²) in [4.78, 5) is 19.3. The number of nitrogens with zero attached hydrogens (tertiary/aromatic N) is 2. The molecule has 200 valence electrons. The van der Waals surface area contributed by atoms with E-state index >= 15 is 0 Å². The van der Waals surface area contributed by atoms with Crippen LogP contribution in [-0.4, -0.2) is 46.3 Å². The van der Waals surface area contributed by atoms with Crippen molar-refractivity contribution in [2.45, 2.75) is 58.7 Å². The normalized spacial score (nSPS) is 14.3. The van der Waals surface area contributed by atoms with Crippen molar-refractivity contribution in [1.29, 1.82) is 0 Å². The molecule has 0 aliphatic carbocycles. The quantitative estimate of drug-likeness (QED) is 0.386. The smallest absolute Gasteiger partial charge is 0.251 e. The first-order valence-corrected chi connectivity index (χ1v) is 12.2. The van der Waals surface area contributed by atoms with Gasteiger partial charge in [0.25, 0.3) is 5.91 Å². The Balaban J connectivity index is 2.21. The Morgan fingerprint density at radius 3 is 2.43 bits per heavy atom. The summed E-state index contributed by atoms with van der Waals surface area (Å²) >= 11 is 0. The number of aliphatic hydroxyl groups is 1. The van der Waals surface area contributed by atoms with Gasteiger partial charge in [0, 0.05) is 19.0 Å². The van der Waals surface area contributed by atoms with Crippen LogP contribution in [-0.2, 0) is 11.2 Å². The number of aliphatic hydroxyl groups excluding tert-OH is 1. The van der Waals surface area contributed by atoms with Crippen molar-refractivity contribution in [3.63, 3.8) is 0 Å². The number of hydrogen-bond acceptors (Lipinski definition) is 5. The summed E-state index contributed by atoms with van der Waals surface area (Å²) in [6, 6.07) is 10.8. The molecule has 37 heavy (non-hydrogen) atoms. The highest BCUT2D eigenvalue weighted by Crippen LogP contribution is 2.42. The molecule has 0 saturated heterocycles. The molecule has 1 aromatic heterocycles. The first kappa shape index (κ1) is 28.4. The minimum Gasteiger partial charge on any atom is -0.440 e. The Bertz CT molecular complexity index is 1190. The second kappa shape index (κ2) is 11.9. The molecular weight excluding hydrogens is 483 g/mol. The van der Waals surface area contributed by atoms with Crippen molar-refractivity contribution >= 4 is 5.91 Å². The summed E-state index contributed by atoms with van der Waals surface area (Å²) in [7, 11) is 0. The number of alkyl halides is 1. The summed E-state index contributed by atoms with van der Waals surface area (Å²) in [5.74, 6) is -1.71. The average Bonchev–Trinajstić information content (AvgIpc) is 3.24. The molecule has 0 radical (unpaired) electrons. The molecule has 6 nitrogen and oxygen atoms in total. The van der Waals surface area contributed by atoms with E-state index < -0.39 is 47.8 Å². The van der Waals surface area contributed by atoms with E-state index in [-0.39, 0.29) is 30.8 Å². The van der Waals surface area contributed by atoms with Crippen LogP contribution in [0, 0.1) is 17.0 Å². The largest absolute Gasteiger partial charge is 0.440 e. The van der Waals surface area contributed by atoms with Crippen LogP contribution < -0.4 is 5.73 Å². The number of benzene rings is 2. The molecule has 0 spiro atoms. The fourth-order valence-electron chi connectivity index (χ4n) is 4.28. The number of carbonyl (C=O) groups is 1. The van der Waals surface area contributed by atoms with E-state index in [1.807, 2.05) is 51.1 Å². The van der Waals surface area contributed by atoms with Gasteiger partial charge in [0.2, 0.25) is 5.89 Å². The number of nitrogens with two attached hydrogens (primary N) is 1. The monoisotopic (exact) mass is 517 g/mol. The molecule has 3 rings (SSSR count). The van der Waals surface area contributed by atoms with Crippen LogP contribution in [0.2, 0.25) is 0 Å². The predicted octanol–water partition coefficient (Wildman–Crippen LogP) is 5.19. The molecule has 2 aromatic carbocycles. The molecule has 0 bridgehead atoms. The molecule has 1 heterocycles. The first-order chi connectivity index (χ1) is 17.4. The SMILES string of the molecule is CC(O)C(=O)N(CCC(N)CF)[C@@H](c1nc(-c2cc(F)ccc2F)oc1Cc1ccccc1)C(C)(C)C. The lowest BCUT2D eigenvalue weighted by Gasteiger charge is -2.40. The van der Waals surface area contributed by atoms with Crippen LogP contribution in [0.1, 0.15) is 57.2 Å². The molecule has 0 aliphatic rings. The lowest BCUT2D eigenvalue weighted by atomic mass is 9.82. The zero-order valence-corrected chi connectivity index (χ0v) is 21.5. The minimum absolute atomic E-state index is 0.0536. The second-order valence-electron chi connectivity index (χ2n) is 10.3. The van der Waals surface area contributed by atoms with E-state index in [0.29, 0.717) is 11.5 Å². The van der Waals surface area contributed by atoms with Gasteiger partial charge in [0.15, 0.2) is 0 Å². The predicted molar refractivity (Wildman–Crippen MR) is 135 cm³/mol. The number of carbonyl (C=O) groups excluding carboxylic acids is 1. The molecule has 3 N–H and O–H groups in total. The fraction of sp³-hybridized carbons (Fsp3) is 0.429.